The Morgan fingerprint density at radius 2 is 1.87 bits per heavy atom. The standard InChI is InChI=1S/C18H16N2O3/c21-17(15-10-6-7-11(9-10)16(15)18(22)23)20-14-5-1-4-13-12(14)3-2-8-19-13/h1-8,10-11,15-16H,9H2,(H,20,21)(H,22,23)/t10-,11+,15+,16+/m1/s1. The predicted molar refractivity (Wildman–Crippen MR) is 85.7 cm³/mol. The molecule has 1 amide bonds. The molecule has 1 aromatic heterocycles. The number of amides is 1. The Bertz CT molecular complexity index is 825. The quantitative estimate of drug-likeness (QED) is 0.854. The summed E-state index contributed by atoms with van der Waals surface area (Å²) in [6, 6.07) is 9.25. The van der Waals surface area contributed by atoms with Crippen molar-refractivity contribution in [2.45, 2.75) is 6.42 Å². The molecule has 2 aliphatic rings. The number of carboxylic acid groups (broad SMARTS) is 1. The van der Waals surface area contributed by atoms with Crippen molar-refractivity contribution < 1.29 is 14.7 Å². The largest absolute Gasteiger partial charge is 0.481 e. The number of aliphatic carboxylic acids is 1. The molecule has 2 aromatic rings. The topological polar surface area (TPSA) is 79.3 Å². The number of nitrogens with one attached hydrogen (secondary N) is 1. The zero-order valence-electron chi connectivity index (χ0n) is 12.3. The third kappa shape index (κ3) is 2.20. The first-order valence-corrected chi connectivity index (χ1v) is 7.71. The molecule has 5 heteroatoms. The molecular formula is C18H16N2O3. The molecule has 0 unspecified atom stereocenters. The molecule has 5 nitrogen and oxygen atoms in total. The summed E-state index contributed by atoms with van der Waals surface area (Å²) >= 11 is 0. The van der Waals surface area contributed by atoms with Crippen molar-refractivity contribution >= 4 is 28.5 Å². The van der Waals surface area contributed by atoms with Crippen molar-refractivity contribution in [3.8, 4) is 0 Å². The number of rotatable bonds is 3. The van der Waals surface area contributed by atoms with Gasteiger partial charge in [-0.05, 0) is 42.5 Å². The van der Waals surface area contributed by atoms with Crippen molar-refractivity contribution in [2.75, 3.05) is 5.32 Å². The van der Waals surface area contributed by atoms with Gasteiger partial charge in [-0.3, -0.25) is 14.6 Å². The molecule has 2 aliphatic carbocycles. The van der Waals surface area contributed by atoms with Gasteiger partial charge in [0.25, 0.3) is 0 Å². The van der Waals surface area contributed by atoms with Crippen LogP contribution in [0.1, 0.15) is 6.42 Å². The van der Waals surface area contributed by atoms with Gasteiger partial charge in [0.1, 0.15) is 0 Å². The lowest BCUT2D eigenvalue weighted by Gasteiger charge is -2.24. The fourth-order valence-electron chi connectivity index (χ4n) is 3.94. The SMILES string of the molecule is O=C(Nc1cccc2ncccc12)[C@@H]1[C@@H](C(=O)O)[C@H]2C=C[C@@H]1C2. The summed E-state index contributed by atoms with van der Waals surface area (Å²) in [6.07, 6.45) is 6.38. The Morgan fingerprint density at radius 1 is 1.09 bits per heavy atom. The van der Waals surface area contributed by atoms with Crippen LogP contribution in [0.3, 0.4) is 0 Å². The number of aromatic nitrogens is 1. The number of hydrogen-bond donors (Lipinski definition) is 2. The van der Waals surface area contributed by atoms with Crippen LogP contribution in [0, 0.1) is 23.7 Å². The first-order valence-electron chi connectivity index (χ1n) is 7.71. The maximum Gasteiger partial charge on any atom is 0.307 e. The van der Waals surface area contributed by atoms with E-state index in [1.54, 1.807) is 6.20 Å². The molecule has 4 rings (SSSR count). The Kier molecular flexibility index (Phi) is 3.15. The molecular weight excluding hydrogens is 292 g/mol. The maximum absolute atomic E-state index is 12.7. The minimum atomic E-state index is -0.887. The molecule has 116 valence electrons. The Labute approximate surface area is 133 Å². The Balaban J connectivity index is 1.65. The van der Waals surface area contributed by atoms with E-state index in [1.807, 2.05) is 42.5 Å². The van der Waals surface area contributed by atoms with Crippen molar-refractivity contribution in [3.63, 3.8) is 0 Å². The number of anilines is 1. The minimum Gasteiger partial charge on any atom is -0.481 e. The van der Waals surface area contributed by atoms with Crippen LogP contribution in [0.2, 0.25) is 0 Å². The molecule has 2 N–H and O–H groups in total. The fraction of sp³-hybridized carbons (Fsp3) is 0.278. The highest BCUT2D eigenvalue weighted by molar-refractivity contribution is 6.03. The van der Waals surface area contributed by atoms with E-state index in [2.05, 4.69) is 10.3 Å². The molecule has 0 radical (unpaired) electrons. The van der Waals surface area contributed by atoms with E-state index < -0.39 is 17.8 Å². The highest BCUT2D eigenvalue weighted by Crippen LogP contribution is 2.48. The van der Waals surface area contributed by atoms with Gasteiger partial charge in [-0.1, -0.05) is 18.2 Å². The number of carbonyl (C=O) groups excluding carboxylic acids is 1. The van der Waals surface area contributed by atoms with Crippen LogP contribution < -0.4 is 5.32 Å². The van der Waals surface area contributed by atoms with Crippen LogP contribution in [0.4, 0.5) is 5.69 Å². The number of carboxylic acids is 1. The molecule has 4 atom stereocenters. The van der Waals surface area contributed by atoms with E-state index >= 15 is 0 Å². The van der Waals surface area contributed by atoms with Crippen LogP contribution in [-0.2, 0) is 9.59 Å². The Morgan fingerprint density at radius 3 is 2.65 bits per heavy atom. The molecule has 2 bridgehead atoms. The van der Waals surface area contributed by atoms with Gasteiger partial charge in [-0.25, -0.2) is 0 Å². The fourth-order valence-corrected chi connectivity index (χ4v) is 3.94. The van der Waals surface area contributed by atoms with Gasteiger partial charge in [0, 0.05) is 11.6 Å². The summed E-state index contributed by atoms with van der Waals surface area (Å²) in [6.45, 7) is 0. The lowest BCUT2D eigenvalue weighted by Crippen LogP contribution is -2.36. The summed E-state index contributed by atoms with van der Waals surface area (Å²) in [4.78, 5) is 28.6. The van der Waals surface area contributed by atoms with Gasteiger partial charge in [0.2, 0.25) is 5.91 Å². The first-order chi connectivity index (χ1) is 11.1. The van der Waals surface area contributed by atoms with Gasteiger partial charge in [0.05, 0.1) is 23.0 Å². The zero-order valence-corrected chi connectivity index (χ0v) is 12.3. The number of hydrogen-bond acceptors (Lipinski definition) is 3. The van der Waals surface area contributed by atoms with Gasteiger partial charge >= 0.3 is 5.97 Å². The van der Waals surface area contributed by atoms with Gasteiger partial charge < -0.3 is 10.4 Å². The molecule has 0 saturated heterocycles. The van der Waals surface area contributed by atoms with Crippen LogP contribution in [-0.4, -0.2) is 22.0 Å². The van der Waals surface area contributed by atoms with Crippen molar-refractivity contribution in [2.24, 2.45) is 23.7 Å². The minimum absolute atomic E-state index is 0.0224. The van der Waals surface area contributed by atoms with E-state index in [9.17, 15) is 14.7 Å². The van der Waals surface area contributed by atoms with Crippen LogP contribution in [0.5, 0.6) is 0 Å². The molecule has 0 spiro atoms. The van der Waals surface area contributed by atoms with E-state index in [-0.39, 0.29) is 17.7 Å². The Hall–Kier alpha value is -2.69. The van der Waals surface area contributed by atoms with E-state index in [1.165, 1.54) is 0 Å². The van der Waals surface area contributed by atoms with E-state index in [4.69, 9.17) is 0 Å². The van der Waals surface area contributed by atoms with E-state index in [0.717, 1.165) is 17.3 Å². The third-order valence-electron chi connectivity index (χ3n) is 4.95. The molecule has 1 fully saturated rings. The molecule has 1 saturated carbocycles. The first kappa shape index (κ1) is 13.9. The number of nitrogens with zero attached hydrogens (tertiary/aromatic N) is 1. The second-order valence-electron chi connectivity index (χ2n) is 6.20. The number of benzene rings is 1. The summed E-state index contributed by atoms with van der Waals surface area (Å²) in [5, 5.41) is 13.2. The van der Waals surface area contributed by atoms with Gasteiger partial charge in [-0.2, -0.15) is 0 Å². The molecule has 23 heavy (non-hydrogen) atoms. The van der Waals surface area contributed by atoms with Gasteiger partial charge in [0.15, 0.2) is 0 Å². The maximum atomic E-state index is 12.7. The third-order valence-corrected chi connectivity index (χ3v) is 4.95. The second kappa shape index (κ2) is 5.19. The van der Waals surface area contributed by atoms with Crippen molar-refractivity contribution in [1.29, 1.82) is 0 Å². The highest BCUT2D eigenvalue weighted by atomic mass is 16.4. The molecule has 1 heterocycles. The molecule has 1 aromatic carbocycles. The smallest absolute Gasteiger partial charge is 0.307 e. The van der Waals surface area contributed by atoms with Crippen molar-refractivity contribution in [3.05, 3.63) is 48.7 Å². The lowest BCUT2D eigenvalue weighted by atomic mass is 9.82. The summed E-state index contributed by atoms with van der Waals surface area (Å²) in [5.41, 5.74) is 1.48. The predicted octanol–water partition coefficient (Wildman–Crippen LogP) is 2.70. The summed E-state index contributed by atoms with van der Waals surface area (Å²) in [7, 11) is 0. The summed E-state index contributed by atoms with van der Waals surface area (Å²) in [5.74, 6) is -2.24. The monoisotopic (exact) mass is 308 g/mol. The average molecular weight is 308 g/mol. The van der Waals surface area contributed by atoms with E-state index in [0.29, 0.717) is 5.69 Å². The summed E-state index contributed by atoms with van der Waals surface area (Å²) < 4.78 is 0. The number of pyridine rings is 1. The normalized spacial score (nSPS) is 28.2. The average Bonchev–Trinajstić information content (AvgIpc) is 3.16. The van der Waals surface area contributed by atoms with Crippen LogP contribution in [0.25, 0.3) is 10.9 Å². The van der Waals surface area contributed by atoms with Crippen LogP contribution in [0.15, 0.2) is 48.7 Å². The highest BCUT2D eigenvalue weighted by Gasteiger charge is 2.51. The van der Waals surface area contributed by atoms with Crippen molar-refractivity contribution in [1.82, 2.24) is 4.98 Å². The number of carbonyl (C=O) groups is 2. The molecule has 0 aliphatic heterocycles. The van der Waals surface area contributed by atoms with Gasteiger partial charge in [-0.15, -0.1) is 0 Å². The number of fused-ring (bicyclic) bond motifs is 3. The lowest BCUT2D eigenvalue weighted by molar-refractivity contribution is -0.146. The zero-order chi connectivity index (χ0) is 16.0. The number of allylic oxidation sites excluding steroid dienone is 2. The van der Waals surface area contributed by atoms with Crippen LogP contribution >= 0.6 is 0 Å². The second-order valence-corrected chi connectivity index (χ2v) is 6.20.